The van der Waals surface area contributed by atoms with Gasteiger partial charge >= 0.3 is 0 Å². The van der Waals surface area contributed by atoms with Crippen molar-refractivity contribution in [3.8, 4) is 0 Å². The van der Waals surface area contributed by atoms with E-state index in [1.54, 1.807) is 0 Å². The van der Waals surface area contributed by atoms with Gasteiger partial charge in [0.05, 0.1) is 0 Å². The molecular weight excluding hydrogens is 242 g/mol. The van der Waals surface area contributed by atoms with Gasteiger partial charge in [-0.15, -0.1) is 0 Å². The predicted molar refractivity (Wildman–Crippen MR) is 85.7 cm³/mol. The largest absolute Gasteiger partial charge is 0.306 e. The fourth-order valence-corrected chi connectivity index (χ4v) is 5.13. The summed E-state index contributed by atoms with van der Waals surface area (Å²) in [7, 11) is 0. The second kappa shape index (κ2) is 4.59. The van der Waals surface area contributed by atoms with Crippen LogP contribution in [0.2, 0.25) is 0 Å². The van der Waals surface area contributed by atoms with Crippen molar-refractivity contribution in [2.45, 2.75) is 66.0 Å². The molecule has 1 N–H and O–H groups in total. The summed E-state index contributed by atoms with van der Waals surface area (Å²) in [5.74, 6) is 0.911. The van der Waals surface area contributed by atoms with Crippen molar-refractivity contribution < 1.29 is 0 Å². The monoisotopic (exact) mass is 271 g/mol. The molecule has 1 nitrogen and oxygen atoms in total. The molecule has 110 valence electrons. The van der Waals surface area contributed by atoms with Crippen LogP contribution in [0, 0.1) is 23.7 Å². The molecule has 4 atom stereocenters. The van der Waals surface area contributed by atoms with Crippen LogP contribution in [-0.2, 0) is 0 Å². The van der Waals surface area contributed by atoms with Gasteiger partial charge in [-0.25, -0.2) is 0 Å². The summed E-state index contributed by atoms with van der Waals surface area (Å²) in [6.07, 6.45) is 4.25. The van der Waals surface area contributed by atoms with Gasteiger partial charge in [-0.2, -0.15) is 0 Å². The molecule has 2 fully saturated rings. The minimum Gasteiger partial charge on any atom is -0.306 e. The second-order valence-electron chi connectivity index (χ2n) is 8.09. The minimum absolute atomic E-state index is 0.434. The second-order valence-corrected chi connectivity index (χ2v) is 8.09. The Bertz CT molecular complexity index is 499. The lowest BCUT2D eigenvalue weighted by Gasteiger charge is -2.45. The van der Waals surface area contributed by atoms with Crippen molar-refractivity contribution in [3.05, 3.63) is 35.4 Å². The van der Waals surface area contributed by atoms with Crippen LogP contribution in [0.1, 0.15) is 64.1 Å². The number of hydrogen-bond acceptors (Lipinski definition) is 1. The fraction of sp³-hybridized carbons (Fsp3) is 0.684. The third-order valence-electron chi connectivity index (χ3n) is 6.34. The number of hydrogen-bond donors (Lipinski definition) is 1. The lowest BCUT2D eigenvalue weighted by molar-refractivity contribution is 0.100. The Morgan fingerprint density at radius 3 is 2.50 bits per heavy atom. The van der Waals surface area contributed by atoms with Gasteiger partial charge in [0.1, 0.15) is 0 Å². The first-order valence-corrected chi connectivity index (χ1v) is 8.16. The fourth-order valence-electron chi connectivity index (χ4n) is 5.13. The molecule has 0 aliphatic heterocycles. The summed E-state index contributed by atoms with van der Waals surface area (Å²) in [6.45, 7) is 12.0. The van der Waals surface area contributed by atoms with Crippen LogP contribution in [0.3, 0.4) is 0 Å². The SMILES string of the molecule is Cc1ccccc1C(C)NC1C2(C)CCC(C2)C1(C)C. The highest BCUT2D eigenvalue weighted by molar-refractivity contribution is 5.29. The van der Waals surface area contributed by atoms with Crippen molar-refractivity contribution in [2.24, 2.45) is 16.7 Å². The lowest BCUT2D eigenvalue weighted by atomic mass is 9.68. The quantitative estimate of drug-likeness (QED) is 0.827. The maximum absolute atomic E-state index is 4.00. The highest BCUT2D eigenvalue weighted by Gasteiger charge is 2.59. The molecule has 2 saturated carbocycles. The molecule has 1 heteroatoms. The minimum atomic E-state index is 0.434. The molecule has 2 aliphatic carbocycles. The normalized spacial score (nSPS) is 36.2. The smallest absolute Gasteiger partial charge is 0.0297 e. The summed E-state index contributed by atoms with van der Waals surface area (Å²) in [6, 6.07) is 9.87. The van der Waals surface area contributed by atoms with Crippen molar-refractivity contribution in [3.63, 3.8) is 0 Å². The average molecular weight is 271 g/mol. The first-order chi connectivity index (χ1) is 9.34. The van der Waals surface area contributed by atoms with Gasteiger partial charge in [-0.1, -0.05) is 45.0 Å². The van der Waals surface area contributed by atoms with Gasteiger partial charge in [0.25, 0.3) is 0 Å². The van der Waals surface area contributed by atoms with Crippen molar-refractivity contribution in [2.75, 3.05) is 0 Å². The summed E-state index contributed by atoms with van der Waals surface area (Å²) in [5.41, 5.74) is 3.79. The Labute approximate surface area is 124 Å². The first kappa shape index (κ1) is 14.1. The number of fused-ring (bicyclic) bond motifs is 2. The molecule has 0 heterocycles. The van der Waals surface area contributed by atoms with E-state index in [0.29, 0.717) is 22.9 Å². The average Bonchev–Trinajstić information content (AvgIpc) is 2.86. The standard InChI is InChI=1S/C19H29N/c1-13-8-6-7-9-16(13)14(2)20-17-18(3,4)15-10-11-19(17,5)12-15/h6-9,14-15,17,20H,10-12H2,1-5H3. The molecule has 2 aliphatic rings. The lowest BCUT2D eigenvalue weighted by Crippen LogP contribution is -2.51. The van der Waals surface area contributed by atoms with Crippen LogP contribution in [0.25, 0.3) is 0 Å². The molecule has 2 bridgehead atoms. The maximum atomic E-state index is 4.00. The molecule has 0 radical (unpaired) electrons. The molecule has 0 saturated heterocycles. The van der Waals surface area contributed by atoms with E-state index in [-0.39, 0.29) is 0 Å². The van der Waals surface area contributed by atoms with Gasteiger partial charge in [-0.3, -0.25) is 0 Å². The van der Waals surface area contributed by atoms with Crippen LogP contribution in [0.4, 0.5) is 0 Å². The van der Waals surface area contributed by atoms with Gasteiger partial charge in [-0.05, 0) is 61.0 Å². The number of benzene rings is 1. The van der Waals surface area contributed by atoms with E-state index in [4.69, 9.17) is 0 Å². The third-order valence-corrected chi connectivity index (χ3v) is 6.34. The topological polar surface area (TPSA) is 12.0 Å². The van der Waals surface area contributed by atoms with Crippen LogP contribution in [0.5, 0.6) is 0 Å². The maximum Gasteiger partial charge on any atom is 0.0297 e. The molecule has 20 heavy (non-hydrogen) atoms. The van der Waals surface area contributed by atoms with E-state index in [9.17, 15) is 0 Å². The zero-order valence-corrected chi connectivity index (χ0v) is 13.7. The summed E-state index contributed by atoms with van der Waals surface area (Å²) in [4.78, 5) is 0. The number of nitrogens with one attached hydrogen (secondary N) is 1. The molecule has 4 unspecified atom stereocenters. The summed E-state index contributed by atoms with van der Waals surface area (Å²) in [5, 5.41) is 4.00. The van der Waals surface area contributed by atoms with E-state index >= 15 is 0 Å². The van der Waals surface area contributed by atoms with Crippen molar-refractivity contribution in [1.82, 2.24) is 5.32 Å². The number of aryl methyl sites for hydroxylation is 1. The van der Waals surface area contributed by atoms with Crippen LogP contribution >= 0.6 is 0 Å². The molecule has 1 aromatic carbocycles. The zero-order chi connectivity index (χ0) is 14.5. The number of rotatable bonds is 3. The van der Waals surface area contributed by atoms with Crippen LogP contribution < -0.4 is 5.32 Å². The summed E-state index contributed by atoms with van der Waals surface area (Å²) < 4.78 is 0. The first-order valence-electron chi connectivity index (χ1n) is 8.16. The molecule has 1 aromatic rings. The molecule has 0 spiro atoms. The highest BCUT2D eigenvalue weighted by Crippen LogP contribution is 2.62. The van der Waals surface area contributed by atoms with Crippen LogP contribution in [-0.4, -0.2) is 6.04 Å². The molecule has 0 aromatic heterocycles. The highest BCUT2D eigenvalue weighted by atomic mass is 15.0. The summed E-state index contributed by atoms with van der Waals surface area (Å²) >= 11 is 0. The van der Waals surface area contributed by atoms with Gasteiger partial charge in [0, 0.05) is 12.1 Å². The Kier molecular flexibility index (Phi) is 3.25. The molecular formula is C19H29N. The van der Waals surface area contributed by atoms with E-state index in [1.807, 2.05) is 0 Å². The van der Waals surface area contributed by atoms with Gasteiger partial charge < -0.3 is 5.32 Å². The van der Waals surface area contributed by atoms with Crippen molar-refractivity contribution in [1.29, 1.82) is 0 Å². The Morgan fingerprint density at radius 1 is 1.20 bits per heavy atom. The van der Waals surface area contributed by atoms with E-state index in [0.717, 1.165) is 5.92 Å². The predicted octanol–water partition coefficient (Wildman–Crippen LogP) is 4.86. The Morgan fingerprint density at radius 2 is 1.90 bits per heavy atom. The van der Waals surface area contributed by atoms with E-state index in [2.05, 4.69) is 64.2 Å². The van der Waals surface area contributed by atoms with Gasteiger partial charge in [0.2, 0.25) is 0 Å². The Balaban J connectivity index is 1.83. The zero-order valence-electron chi connectivity index (χ0n) is 13.7. The molecule has 0 amide bonds. The Hall–Kier alpha value is -0.820. The van der Waals surface area contributed by atoms with Gasteiger partial charge in [0.15, 0.2) is 0 Å². The third kappa shape index (κ3) is 2.02. The van der Waals surface area contributed by atoms with Crippen molar-refractivity contribution >= 4 is 0 Å². The molecule has 3 rings (SSSR count). The van der Waals surface area contributed by atoms with E-state index < -0.39 is 0 Å². The van der Waals surface area contributed by atoms with Crippen LogP contribution in [0.15, 0.2) is 24.3 Å². The van der Waals surface area contributed by atoms with E-state index in [1.165, 1.54) is 30.4 Å².